The van der Waals surface area contributed by atoms with Crippen molar-refractivity contribution in [1.82, 2.24) is 15.5 Å². The number of carboxylic acid groups (broad SMARTS) is 2. The van der Waals surface area contributed by atoms with Gasteiger partial charge in [-0.05, 0) is 58.9 Å². The summed E-state index contributed by atoms with van der Waals surface area (Å²) in [5, 5.41) is 30.6. The minimum Gasteiger partial charge on any atom is -0.480 e. The third kappa shape index (κ3) is 9.91. The van der Waals surface area contributed by atoms with Crippen LogP contribution in [0.25, 0.3) is 0 Å². The second-order valence-electron chi connectivity index (χ2n) is 13.7. The number of anilines is 2. The van der Waals surface area contributed by atoms with Crippen LogP contribution in [0.4, 0.5) is 16.2 Å². The van der Waals surface area contributed by atoms with Crippen molar-refractivity contribution >= 4 is 47.1 Å². The molecule has 3 aromatic carbocycles. The second kappa shape index (κ2) is 15.7. The number of benzene rings is 3. The number of rotatable bonds is 12. The number of carboxylic acids is 2. The Balaban J connectivity index is 1.49. The van der Waals surface area contributed by atoms with E-state index < -0.39 is 53.8 Å². The minimum absolute atomic E-state index is 0.0654. The van der Waals surface area contributed by atoms with Crippen molar-refractivity contribution < 1.29 is 39.0 Å². The fourth-order valence-electron chi connectivity index (χ4n) is 5.81. The molecule has 3 unspecified atom stereocenters. The topological polar surface area (TPSA) is 194 Å². The van der Waals surface area contributed by atoms with E-state index in [1.165, 1.54) is 11.8 Å². The van der Waals surface area contributed by atoms with Crippen LogP contribution in [0.2, 0.25) is 0 Å². The Bertz CT molecular complexity index is 1780. The Morgan fingerprint density at radius 3 is 1.88 bits per heavy atom. The fourth-order valence-corrected chi connectivity index (χ4v) is 5.81. The van der Waals surface area contributed by atoms with Gasteiger partial charge in [-0.3, -0.25) is 14.4 Å². The molecule has 5 amide bonds. The zero-order chi connectivity index (χ0) is 36.7. The highest BCUT2D eigenvalue weighted by atomic mass is 16.4. The first-order valence-electron chi connectivity index (χ1n) is 16.2. The first kappa shape index (κ1) is 37.1. The van der Waals surface area contributed by atoms with E-state index in [2.05, 4.69) is 21.3 Å². The molecule has 0 spiro atoms. The van der Waals surface area contributed by atoms with Gasteiger partial charge in [0.2, 0.25) is 17.7 Å². The SMILES string of the molecule is CC(=O)N1Cc2cc(NC(=O)Nc3ccc(C)cc3)ccc2C1C(=O)NC(Cc1ccccc1CC(NC(=O)CC(C)(C)C)C(=O)O)C(=O)O. The molecule has 0 aromatic heterocycles. The molecule has 13 nitrogen and oxygen atoms in total. The van der Waals surface area contributed by atoms with E-state index in [4.69, 9.17) is 0 Å². The number of aryl methyl sites for hydroxylation is 1. The lowest BCUT2D eigenvalue weighted by Gasteiger charge is -2.25. The van der Waals surface area contributed by atoms with E-state index in [1.807, 2.05) is 39.8 Å². The van der Waals surface area contributed by atoms with Crippen molar-refractivity contribution in [2.45, 2.75) is 78.6 Å². The number of hydrogen-bond donors (Lipinski definition) is 6. The van der Waals surface area contributed by atoms with E-state index in [-0.39, 0.29) is 31.2 Å². The van der Waals surface area contributed by atoms with Crippen LogP contribution >= 0.6 is 0 Å². The Kier molecular flexibility index (Phi) is 11.6. The molecule has 13 heteroatoms. The number of nitrogens with zero attached hydrogens (tertiary/aromatic N) is 1. The van der Waals surface area contributed by atoms with Crippen molar-refractivity contribution in [1.29, 1.82) is 0 Å². The number of amides is 5. The molecule has 4 rings (SSSR count). The Morgan fingerprint density at radius 2 is 1.34 bits per heavy atom. The summed E-state index contributed by atoms with van der Waals surface area (Å²) in [5.74, 6) is -4.09. The molecular formula is C37H43N5O8. The maximum absolute atomic E-state index is 13.7. The molecule has 1 aliphatic rings. The van der Waals surface area contributed by atoms with E-state index in [1.54, 1.807) is 54.6 Å². The van der Waals surface area contributed by atoms with Crippen LogP contribution in [0.1, 0.15) is 68.0 Å². The first-order chi connectivity index (χ1) is 23.5. The highest BCUT2D eigenvalue weighted by molar-refractivity contribution is 6.00. The molecule has 0 aliphatic carbocycles. The molecule has 0 radical (unpaired) electrons. The lowest BCUT2D eigenvalue weighted by molar-refractivity contribution is -0.144. The van der Waals surface area contributed by atoms with E-state index in [0.717, 1.165) is 5.56 Å². The summed E-state index contributed by atoms with van der Waals surface area (Å²) in [5.41, 5.74) is 3.81. The molecule has 50 heavy (non-hydrogen) atoms. The van der Waals surface area contributed by atoms with Crippen molar-refractivity contribution in [3.05, 3.63) is 94.5 Å². The number of nitrogens with one attached hydrogen (secondary N) is 4. The molecule has 0 bridgehead atoms. The summed E-state index contributed by atoms with van der Waals surface area (Å²) in [6.45, 7) is 8.90. The summed E-state index contributed by atoms with van der Waals surface area (Å²) in [6.07, 6.45) is -0.165. The Labute approximate surface area is 290 Å². The van der Waals surface area contributed by atoms with E-state index in [0.29, 0.717) is 33.6 Å². The van der Waals surface area contributed by atoms with Gasteiger partial charge in [-0.15, -0.1) is 0 Å². The van der Waals surface area contributed by atoms with Crippen LogP contribution < -0.4 is 21.3 Å². The maximum Gasteiger partial charge on any atom is 0.326 e. The van der Waals surface area contributed by atoms with E-state index >= 15 is 0 Å². The van der Waals surface area contributed by atoms with Gasteiger partial charge in [-0.2, -0.15) is 0 Å². The summed E-state index contributed by atoms with van der Waals surface area (Å²) >= 11 is 0. The van der Waals surface area contributed by atoms with Gasteiger partial charge < -0.3 is 36.4 Å². The van der Waals surface area contributed by atoms with Gasteiger partial charge in [0, 0.05) is 44.1 Å². The van der Waals surface area contributed by atoms with Crippen LogP contribution in [-0.4, -0.2) is 62.9 Å². The lowest BCUT2D eigenvalue weighted by atomic mass is 9.91. The van der Waals surface area contributed by atoms with Crippen LogP contribution in [0.5, 0.6) is 0 Å². The fraction of sp³-hybridized carbons (Fsp3) is 0.351. The van der Waals surface area contributed by atoms with Gasteiger partial charge in [-0.25, -0.2) is 14.4 Å². The minimum atomic E-state index is -1.42. The van der Waals surface area contributed by atoms with Gasteiger partial charge in [0.25, 0.3) is 0 Å². The predicted octanol–water partition coefficient (Wildman–Crippen LogP) is 4.40. The monoisotopic (exact) mass is 685 g/mol. The Hall–Kier alpha value is -5.72. The van der Waals surface area contributed by atoms with Gasteiger partial charge in [0.1, 0.15) is 18.1 Å². The molecule has 264 valence electrons. The lowest BCUT2D eigenvalue weighted by Crippen LogP contribution is -2.47. The number of hydrogen-bond acceptors (Lipinski definition) is 6. The first-order valence-corrected chi connectivity index (χ1v) is 16.2. The summed E-state index contributed by atoms with van der Waals surface area (Å²) in [6, 6.07) is 14.5. The van der Waals surface area contributed by atoms with Crippen LogP contribution in [0.3, 0.4) is 0 Å². The molecule has 0 saturated carbocycles. The van der Waals surface area contributed by atoms with Crippen molar-refractivity contribution in [2.24, 2.45) is 5.41 Å². The zero-order valence-corrected chi connectivity index (χ0v) is 28.7. The smallest absolute Gasteiger partial charge is 0.326 e. The highest BCUT2D eigenvalue weighted by Crippen LogP contribution is 2.36. The number of carbonyl (C=O) groups excluding carboxylic acids is 4. The Morgan fingerprint density at radius 1 is 0.800 bits per heavy atom. The third-order valence-electron chi connectivity index (χ3n) is 8.22. The van der Waals surface area contributed by atoms with Gasteiger partial charge in [0.05, 0.1) is 0 Å². The van der Waals surface area contributed by atoms with Gasteiger partial charge >= 0.3 is 18.0 Å². The van der Waals surface area contributed by atoms with E-state index in [9.17, 15) is 39.0 Å². The maximum atomic E-state index is 13.7. The van der Waals surface area contributed by atoms with Crippen molar-refractivity contribution in [3.8, 4) is 0 Å². The largest absolute Gasteiger partial charge is 0.480 e. The van der Waals surface area contributed by atoms with Gasteiger partial charge in [-0.1, -0.05) is 68.8 Å². The van der Waals surface area contributed by atoms with Crippen molar-refractivity contribution in [3.63, 3.8) is 0 Å². The van der Waals surface area contributed by atoms with Gasteiger partial charge in [0.15, 0.2) is 0 Å². The third-order valence-corrected chi connectivity index (χ3v) is 8.22. The number of urea groups is 1. The molecule has 0 saturated heterocycles. The normalized spacial score (nSPS) is 14.9. The molecular weight excluding hydrogens is 642 g/mol. The highest BCUT2D eigenvalue weighted by Gasteiger charge is 2.39. The summed E-state index contributed by atoms with van der Waals surface area (Å²) in [7, 11) is 0. The number of fused-ring (bicyclic) bond motifs is 1. The second-order valence-corrected chi connectivity index (χ2v) is 13.7. The standard InChI is InChI=1S/C37H43N5O8/c1-21-10-12-26(13-11-21)38-36(50)39-27-14-15-28-25(16-27)20-42(22(2)43)32(28)33(45)41-30(35(48)49)18-24-9-7-6-8-23(24)17-29(34(46)47)40-31(44)19-37(3,4)5/h6-16,29-30,32H,17-20H2,1-5H3,(H,40,44)(H,41,45)(H,46,47)(H,48,49)(H2,38,39,50). The summed E-state index contributed by atoms with van der Waals surface area (Å²) < 4.78 is 0. The molecule has 1 aliphatic heterocycles. The average Bonchev–Trinajstić information content (AvgIpc) is 3.40. The molecule has 3 aromatic rings. The number of aliphatic carboxylic acids is 2. The molecule has 3 atom stereocenters. The number of carbonyl (C=O) groups is 6. The van der Waals surface area contributed by atoms with Crippen LogP contribution in [-0.2, 0) is 43.4 Å². The molecule has 1 heterocycles. The zero-order valence-electron chi connectivity index (χ0n) is 28.7. The molecule has 0 fully saturated rings. The van der Waals surface area contributed by atoms with Crippen LogP contribution in [0.15, 0.2) is 66.7 Å². The summed E-state index contributed by atoms with van der Waals surface area (Å²) in [4.78, 5) is 77.3. The van der Waals surface area contributed by atoms with Crippen LogP contribution in [0, 0.1) is 12.3 Å². The quantitative estimate of drug-likeness (QED) is 0.161. The average molecular weight is 686 g/mol. The predicted molar refractivity (Wildman–Crippen MR) is 186 cm³/mol. The van der Waals surface area contributed by atoms with Crippen molar-refractivity contribution in [2.75, 3.05) is 10.6 Å². The molecule has 6 N–H and O–H groups in total.